The molecule has 0 radical (unpaired) electrons. The molecular formula is C12H24N2+2. The van der Waals surface area contributed by atoms with Crippen molar-refractivity contribution < 1.29 is 9.15 Å². The Morgan fingerprint density at radius 2 is 1.07 bits per heavy atom. The lowest BCUT2D eigenvalue weighted by Crippen LogP contribution is -2.51. The van der Waals surface area contributed by atoms with Gasteiger partial charge in [-0.25, -0.2) is 9.15 Å². The van der Waals surface area contributed by atoms with E-state index in [1.807, 2.05) is 0 Å². The average Bonchev–Trinajstić information content (AvgIpc) is 2.08. The molecule has 0 aliphatic carbocycles. The Labute approximate surface area is 88.0 Å². The first kappa shape index (κ1) is 11.4. The van der Waals surface area contributed by atoms with Crippen molar-refractivity contribution in [3.05, 3.63) is 0 Å². The van der Waals surface area contributed by atoms with Crippen molar-refractivity contribution in [3.63, 3.8) is 0 Å². The van der Waals surface area contributed by atoms with Gasteiger partial charge in [0, 0.05) is 41.5 Å². The molecule has 0 amide bonds. The van der Waals surface area contributed by atoms with Gasteiger partial charge in [-0.05, 0) is 0 Å². The fourth-order valence-electron chi connectivity index (χ4n) is 2.41. The number of hydrogen-bond acceptors (Lipinski definition) is 0. The molecule has 0 aromatic carbocycles. The van der Waals surface area contributed by atoms with Gasteiger partial charge in [0.15, 0.2) is 0 Å². The first-order valence-corrected chi connectivity index (χ1v) is 5.58. The number of rotatable bonds is 0. The second kappa shape index (κ2) is 4.24. The molecule has 2 unspecified atom stereocenters. The zero-order valence-corrected chi connectivity index (χ0v) is 10.5. The summed E-state index contributed by atoms with van der Waals surface area (Å²) in [6.45, 7) is 15.8. The van der Waals surface area contributed by atoms with Crippen LogP contribution in [0.4, 0.5) is 0 Å². The van der Waals surface area contributed by atoms with Crippen LogP contribution < -0.4 is 0 Å². The van der Waals surface area contributed by atoms with Gasteiger partial charge in [0.1, 0.15) is 11.4 Å². The fourth-order valence-corrected chi connectivity index (χ4v) is 2.41. The zero-order chi connectivity index (χ0) is 10.9. The molecule has 1 rings (SSSR count). The third-order valence-electron chi connectivity index (χ3n) is 3.41. The van der Waals surface area contributed by atoms with E-state index in [0.29, 0.717) is 12.1 Å². The molecule has 2 heteroatoms. The molecule has 0 bridgehead atoms. The SMILES string of the molecule is CC(C)=[N+]1CC[N+](=C(C)C)C(C)C1C. The predicted molar refractivity (Wildman–Crippen MR) is 61.9 cm³/mol. The number of piperazine rings is 1. The molecule has 0 aromatic rings. The summed E-state index contributed by atoms with van der Waals surface area (Å²) in [6.07, 6.45) is 0. The maximum atomic E-state index is 2.52. The monoisotopic (exact) mass is 196 g/mol. The van der Waals surface area contributed by atoms with Crippen molar-refractivity contribution in [3.8, 4) is 0 Å². The lowest BCUT2D eigenvalue weighted by molar-refractivity contribution is -0.712. The molecule has 0 spiro atoms. The van der Waals surface area contributed by atoms with Gasteiger partial charge in [0.05, 0.1) is 0 Å². The van der Waals surface area contributed by atoms with Crippen LogP contribution in [0.15, 0.2) is 0 Å². The average molecular weight is 196 g/mol. The highest BCUT2D eigenvalue weighted by Gasteiger charge is 2.37. The minimum atomic E-state index is 0.628. The van der Waals surface area contributed by atoms with E-state index in [9.17, 15) is 0 Å². The fraction of sp³-hybridized carbons (Fsp3) is 0.833. The smallest absolute Gasteiger partial charge is 0.210 e. The molecule has 1 aliphatic rings. The molecule has 1 aliphatic heterocycles. The van der Waals surface area contributed by atoms with Crippen molar-refractivity contribution in [2.75, 3.05) is 13.1 Å². The van der Waals surface area contributed by atoms with E-state index in [1.165, 1.54) is 24.5 Å². The van der Waals surface area contributed by atoms with Gasteiger partial charge in [-0.2, -0.15) is 0 Å². The Morgan fingerprint density at radius 1 is 0.786 bits per heavy atom. The molecule has 1 saturated heterocycles. The minimum Gasteiger partial charge on any atom is -0.222 e. The van der Waals surface area contributed by atoms with Crippen LogP contribution in [-0.2, 0) is 0 Å². The van der Waals surface area contributed by atoms with Crippen LogP contribution in [0, 0.1) is 0 Å². The van der Waals surface area contributed by atoms with Crippen LogP contribution in [0.3, 0.4) is 0 Å². The van der Waals surface area contributed by atoms with Crippen LogP contribution in [0.2, 0.25) is 0 Å². The van der Waals surface area contributed by atoms with Gasteiger partial charge >= 0.3 is 0 Å². The summed E-state index contributed by atoms with van der Waals surface area (Å²) in [5, 5.41) is 0. The molecule has 0 aromatic heterocycles. The van der Waals surface area contributed by atoms with E-state index in [1.54, 1.807) is 0 Å². The van der Waals surface area contributed by atoms with Crippen LogP contribution in [0.1, 0.15) is 41.5 Å². The molecular weight excluding hydrogens is 172 g/mol. The van der Waals surface area contributed by atoms with E-state index in [2.05, 4.69) is 50.7 Å². The van der Waals surface area contributed by atoms with Crippen LogP contribution in [-0.4, -0.2) is 45.7 Å². The van der Waals surface area contributed by atoms with E-state index >= 15 is 0 Å². The van der Waals surface area contributed by atoms with Gasteiger partial charge in [0.2, 0.25) is 25.2 Å². The molecule has 0 N–H and O–H groups in total. The highest BCUT2D eigenvalue weighted by molar-refractivity contribution is 5.74. The number of hydrogen-bond donors (Lipinski definition) is 0. The summed E-state index contributed by atoms with van der Waals surface area (Å²) in [7, 11) is 0. The van der Waals surface area contributed by atoms with E-state index in [-0.39, 0.29) is 0 Å². The third kappa shape index (κ3) is 2.05. The quantitative estimate of drug-likeness (QED) is 0.521. The van der Waals surface area contributed by atoms with Gasteiger partial charge in [0.25, 0.3) is 0 Å². The van der Waals surface area contributed by atoms with E-state index in [0.717, 1.165) is 0 Å². The highest BCUT2D eigenvalue weighted by atomic mass is 15.2. The molecule has 80 valence electrons. The molecule has 0 saturated carbocycles. The van der Waals surface area contributed by atoms with Crippen molar-refractivity contribution in [2.24, 2.45) is 0 Å². The van der Waals surface area contributed by atoms with Crippen molar-refractivity contribution in [2.45, 2.75) is 53.6 Å². The summed E-state index contributed by atoms with van der Waals surface area (Å²) in [4.78, 5) is 0. The molecule has 1 fully saturated rings. The molecule has 1 heterocycles. The van der Waals surface area contributed by atoms with Crippen LogP contribution in [0.5, 0.6) is 0 Å². The van der Waals surface area contributed by atoms with Crippen LogP contribution in [0.25, 0.3) is 0 Å². The highest BCUT2D eigenvalue weighted by Crippen LogP contribution is 2.10. The first-order valence-electron chi connectivity index (χ1n) is 5.58. The summed E-state index contributed by atoms with van der Waals surface area (Å²) in [6, 6.07) is 1.26. The summed E-state index contributed by atoms with van der Waals surface area (Å²) >= 11 is 0. The van der Waals surface area contributed by atoms with Crippen molar-refractivity contribution >= 4 is 11.4 Å². The third-order valence-corrected chi connectivity index (χ3v) is 3.41. The number of nitrogens with zero attached hydrogens (tertiary/aromatic N) is 2. The first-order chi connectivity index (χ1) is 6.45. The maximum absolute atomic E-state index is 2.52. The lowest BCUT2D eigenvalue weighted by Gasteiger charge is -2.24. The topological polar surface area (TPSA) is 6.02 Å². The minimum absolute atomic E-state index is 0.628. The molecule has 2 atom stereocenters. The Morgan fingerprint density at radius 3 is 1.29 bits per heavy atom. The summed E-state index contributed by atoms with van der Waals surface area (Å²) in [5.41, 5.74) is 2.88. The predicted octanol–water partition coefficient (Wildman–Crippen LogP) is 1.76. The second-order valence-corrected chi connectivity index (χ2v) is 4.76. The largest absolute Gasteiger partial charge is 0.222 e. The Kier molecular flexibility index (Phi) is 3.46. The Balaban J connectivity index is 2.97. The Bertz CT molecular complexity index is 249. The van der Waals surface area contributed by atoms with Gasteiger partial charge in [-0.15, -0.1) is 0 Å². The van der Waals surface area contributed by atoms with Crippen molar-refractivity contribution in [1.82, 2.24) is 0 Å². The molecule has 2 nitrogen and oxygen atoms in total. The lowest BCUT2D eigenvalue weighted by atomic mass is 10.1. The van der Waals surface area contributed by atoms with Gasteiger partial charge in [-0.3, -0.25) is 0 Å². The van der Waals surface area contributed by atoms with E-state index < -0.39 is 0 Å². The van der Waals surface area contributed by atoms with Gasteiger partial charge in [-0.1, -0.05) is 0 Å². The second-order valence-electron chi connectivity index (χ2n) is 4.76. The normalized spacial score (nSPS) is 27.9. The van der Waals surface area contributed by atoms with Crippen molar-refractivity contribution in [1.29, 1.82) is 0 Å². The summed E-state index contributed by atoms with van der Waals surface area (Å²) < 4.78 is 5.04. The standard InChI is InChI=1S/C12H24N2/c1-9(2)13-7-8-14(10(3)4)12(6)11(13)5/h11-12H,7-8H2,1-6H3/q+2. The van der Waals surface area contributed by atoms with E-state index in [4.69, 9.17) is 0 Å². The van der Waals surface area contributed by atoms with Gasteiger partial charge < -0.3 is 0 Å². The molecule has 14 heavy (non-hydrogen) atoms. The van der Waals surface area contributed by atoms with Crippen LogP contribution >= 0.6 is 0 Å². The maximum Gasteiger partial charge on any atom is 0.210 e. The zero-order valence-electron chi connectivity index (χ0n) is 10.5. The Hall–Kier alpha value is -0.660. The summed E-state index contributed by atoms with van der Waals surface area (Å²) in [5.74, 6) is 0.